The molecule has 2 aromatic rings. The lowest BCUT2D eigenvalue weighted by atomic mass is 9.92. The molecule has 3 N–H and O–H groups in total. The lowest BCUT2D eigenvalue weighted by molar-refractivity contribution is -0.123. The highest BCUT2D eigenvalue weighted by molar-refractivity contribution is 7.99. The van der Waals surface area contributed by atoms with Crippen LogP contribution in [0.25, 0.3) is 0 Å². The summed E-state index contributed by atoms with van der Waals surface area (Å²) < 4.78 is 0. The van der Waals surface area contributed by atoms with Crippen LogP contribution in [0, 0.1) is 0 Å². The Labute approximate surface area is 155 Å². The molecule has 3 rings (SSSR count). The molecule has 0 saturated heterocycles. The van der Waals surface area contributed by atoms with E-state index in [4.69, 9.17) is 0 Å². The maximum Gasteiger partial charge on any atom is 0.257 e. The van der Waals surface area contributed by atoms with Crippen LogP contribution in [0.1, 0.15) is 37.3 Å². The Kier molecular flexibility index (Phi) is 5.41. The summed E-state index contributed by atoms with van der Waals surface area (Å²) in [6.45, 7) is 3.93. The summed E-state index contributed by atoms with van der Waals surface area (Å²) in [4.78, 5) is 44.4. The van der Waals surface area contributed by atoms with E-state index in [1.807, 2.05) is 38.1 Å². The van der Waals surface area contributed by atoms with Crippen LogP contribution >= 0.6 is 11.8 Å². The van der Waals surface area contributed by atoms with Crippen molar-refractivity contribution in [2.75, 3.05) is 16.4 Å². The van der Waals surface area contributed by atoms with Crippen LogP contribution in [0.2, 0.25) is 0 Å². The fraction of sp³-hybridized carbons (Fsp3) is 0.333. The molecule has 2 heterocycles. The van der Waals surface area contributed by atoms with Crippen molar-refractivity contribution in [1.82, 2.24) is 9.97 Å². The number of fused-ring (bicyclic) bond motifs is 1. The number of aryl methyl sites for hydroxylation is 1. The van der Waals surface area contributed by atoms with E-state index in [0.717, 1.165) is 17.7 Å². The Morgan fingerprint density at radius 3 is 2.81 bits per heavy atom. The molecular weight excluding hydrogens is 352 g/mol. The van der Waals surface area contributed by atoms with E-state index in [1.165, 1.54) is 11.8 Å². The molecule has 8 heteroatoms. The molecule has 1 atom stereocenters. The van der Waals surface area contributed by atoms with E-state index >= 15 is 0 Å². The predicted molar refractivity (Wildman–Crippen MR) is 102 cm³/mol. The first-order valence-corrected chi connectivity index (χ1v) is 9.47. The molecule has 0 fully saturated rings. The Morgan fingerprint density at radius 2 is 2.08 bits per heavy atom. The third-order valence-corrected chi connectivity index (χ3v) is 4.94. The molecule has 0 bridgehead atoms. The van der Waals surface area contributed by atoms with E-state index in [0.29, 0.717) is 10.8 Å². The number of anilines is 2. The number of para-hydroxylation sites is 1. The maximum atomic E-state index is 12.8. The van der Waals surface area contributed by atoms with Gasteiger partial charge < -0.3 is 15.6 Å². The normalized spacial score (nSPS) is 15.9. The minimum atomic E-state index is -0.874. The van der Waals surface area contributed by atoms with E-state index in [1.54, 1.807) is 0 Å². The summed E-state index contributed by atoms with van der Waals surface area (Å²) in [5.74, 6) is -0.685. The van der Waals surface area contributed by atoms with Gasteiger partial charge in [-0.05, 0) is 23.8 Å². The first kappa shape index (κ1) is 18.2. The second-order valence-electron chi connectivity index (χ2n) is 5.87. The molecule has 1 aromatic heterocycles. The summed E-state index contributed by atoms with van der Waals surface area (Å²) in [6, 6.07) is 7.47. The summed E-state index contributed by atoms with van der Waals surface area (Å²) in [6.07, 6.45) is 0.677. The molecule has 0 spiro atoms. The number of nitrogens with one attached hydrogen (secondary N) is 3. The molecule has 1 aliphatic heterocycles. The van der Waals surface area contributed by atoms with Crippen molar-refractivity contribution in [1.29, 1.82) is 0 Å². The van der Waals surface area contributed by atoms with Gasteiger partial charge in [-0.3, -0.25) is 14.4 Å². The van der Waals surface area contributed by atoms with Crippen molar-refractivity contribution in [3.05, 3.63) is 45.7 Å². The van der Waals surface area contributed by atoms with Gasteiger partial charge in [0.05, 0.1) is 11.5 Å². The van der Waals surface area contributed by atoms with E-state index in [2.05, 4.69) is 20.6 Å². The van der Waals surface area contributed by atoms with Gasteiger partial charge in [-0.25, -0.2) is 4.98 Å². The van der Waals surface area contributed by atoms with Crippen LogP contribution in [0.3, 0.4) is 0 Å². The highest BCUT2D eigenvalue weighted by Gasteiger charge is 2.34. The number of hydrogen-bond donors (Lipinski definition) is 3. The van der Waals surface area contributed by atoms with E-state index in [9.17, 15) is 14.4 Å². The molecule has 0 unspecified atom stereocenters. The van der Waals surface area contributed by atoms with Gasteiger partial charge in [0, 0.05) is 12.1 Å². The number of hydrogen-bond acceptors (Lipinski definition) is 5. The van der Waals surface area contributed by atoms with Gasteiger partial charge in [-0.2, -0.15) is 0 Å². The number of aromatic amines is 1. The highest BCUT2D eigenvalue weighted by atomic mass is 32.2. The van der Waals surface area contributed by atoms with Gasteiger partial charge in [0.25, 0.3) is 5.56 Å². The topological polar surface area (TPSA) is 104 Å². The molecule has 26 heavy (non-hydrogen) atoms. The number of nitrogens with zero attached hydrogens (tertiary/aromatic N) is 1. The zero-order valence-electron chi connectivity index (χ0n) is 14.6. The third kappa shape index (κ3) is 3.65. The fourth-order valence-corrected chi connectivity index (χ4v) is 3.54. The largest absolute Gasteiger partial charge is 0.325 e. The minimum absolute atomic E-state index is 0.0852. The fourth-order valence-electron chi connectivity index (χ4n) is 2.95. The molecule has 0 aliphatic carbocycles. The Morgan fingerprint density at radius 1 is 1.31 bits per heavy atom. The lowest BCUT2D eigenvalue weighted by Crippen LogP contribution is -2.36. The van der Waals surface area contributed by atoms with Crippen LogP contribution in [0.4, 0.5) is 11.5 Å². The monoisotopic (exact) mass is 372 g/mol. The molecule has 0 saturated carbocycles. The number of H-pyrrole nitrogens is 1. The van der Waals surface area contributed by atoms with Gasteiger partial charge in [-0.15, -0.1) is 0 Å². The molecular formula is C18H20N4O3S. The smallest absolute Gasteiger partial charge is 0.257 e. The number of carbonyl (C=O) groups is 2. The van der Waals surface area contributed by atoms with Crippen molar-refractivity contribution in [2.24, 2.45) is 0 Å². The number of amides is 2. The lowest BCUT2D eigenvalue weighted by Gasteiger charge is -2.24. The van der Waals surface area contributed by atoms with Crippen molar-refractivity contribution in [3.8, 4) is 0 Å². The van der Waals surface area contributed by atoms with Crippen LogP contribution in [-0.2, 0) is 16.0 Å². The van der Waals surface area contributed by atoms with Gasteiger partial charge in [0.2, 0.25) is 11.8 Å². The maximum absolute atomic E-state index is 12.8. The molecule has 7 nitrogen and oxygen atoms in total. The Balaban J connectivity index is 1.95. The van der Waals surface area contributed by atoms with Crippen LogP contribution in [0.15, 0.2) is 34.2 Å². The number of carbonyl (C=O) groups excluding carboxylic acids is 2. The van der Waals surface area contributed by atoms with Crippen molar-refractivity contribution in [2.45, 2.75) is 37.8 Å². The molecule has 0 radical (unpaired) electrons. The average molecular weight is 372 g/mol. The summed E-state index contributed by atoms with van der Waals surface area (Å²) in [5, 5.41) is 5.89. The van der Waals surface area contributed by atoms with Crippen LogP contribution < -0.4 is 16.2 Å². The summed E-state index contributed by atoms with van der Waals surface area (Å²) >= 11 is 1.36. The first-order valence-electron chi connectivity index (χ1n) is 8.49. The van der Waals surface area contributed by atoms with Gasteiger partial charge >= 0.3 is 0 Å². The van der Waals surface area contributed by atoms with Crippen molar-refractivity contribution >= 4 is 35.1 Å². The zero-order chi connectivity index (χ0) is 18.7. The van der Waals surface area contributed by atoms with Gasteiger partial charge in [-0.1, -0.05) is 43.8 Å². The number of thioether (sulfide) groups is 1. The molecule has 1 aromatic carbocycles. The van der Waals surface area contributed by atoms with Crippen molar-refractivity contribution in [3.63, 3.8) is 0 Å². The predicted octanol–water partition coefficient (Wildman–Crippen LogP) is 2.51. The zero-order valence-corrected chi connectivity index (χ0v) is 15.4. The van der Waals surface area contributed by atoms with Crippen molar-refractivity contribution < 1.29 is 9.59 Å². The SMILES string of the molecule is CCSc1nc2c(c(=O)[nH]1)[C@H](C(=O)Nc1ccccc1CC)CC(=O)N2. The van der Waals surface area contributed by atoms with Gasteiger partial charge in [0.15, 0.2) is 5.16 Å². The Bertz CT molecular complexity index is 910. The molecule has 2 amide bonds. The number of rotatable bonds is 5. The second-order valence-corrected chi connectivity index (χ2v) is 7.12. The summed E-state index contributed by atoms with van der Waals surface area (Å²) in [5.41, 5.74) is 1.49. The molecule has 136 valence electrons. The van der Waals surface area contributed by atoms with Crippen LogP contribution in [0.5, 0.6) is 0 Å². The third-order valence-electron chi connectivity index (χ3n) is 4.18. The minimum Gasteiger partial charge on any atom is -0.325 e. The highest BCUT2D eigenvalue weighted by Crippen LogP contribution is 2.30. The number of benzene rings is 1. The first-order chi connectivity index (χ1) is 12.5. The average Bonchev–Trinajstić information content (AvgIpc) is 2.61. The van der Waals surface area contributed by atoms with Crippen LogP contribution in [-0.4, -0.2) is 27.5 Å². The van der Waals surface area contributed by atoms with Gasteiger partial charge in [0.1, 0.15) is 5.82 Å². The number of aromatic nitrogens is 2. The summed E-state index contributed by atoms with van der Waals surface area (Å²) in [7, 11) is 0. The van der Waals surface area contributed by atoms with E-state index in [-0.39, 0.29) is 29.6 Å². The Hall–Kier alpha value is -2.61. The standard InChI is InChI=1S/C18H20N4O3S/c1-3-10-7-5-6-8-12(10)19-16(24)11-9-13(23)20-15-14(11)17(25)22-18(21-15)26-4-2/h5-8,11H,3-4,9H2,1-2H3,(H,19,24)(H2,20,21,22,23,25)/t11-/m1/s1. The quantitative estimate of drug-likeness (QED) is 0.553. The molecule has 1 aliphatic rings. The van der Waals surface area contributed by atoms with E-state index < -0.39 is 11.5 Å². The second kappa shape index (κ2) is 7.74.